The molecule has 9 heavy (non-hydrogen) atoms. The molecule has 0 amide bonds. The van der Waals surface area contributed by atoms with Crippen LogP contribution in [-0.4, -0.2) is 0 Å². The maximum atomic E-state index is 9.96. The SMILES string of the molecule is O=PNc1ccccc1. The van der Waals surface area contributed by atoms with Gasteiger partial charge in [-0.1, -0.05) is 18.2 Å². The first-order valence-electron chi connectivity index (χ1n) is 2.57. The number of anilines is 1. The topological polar surface area (TPSA) is 29.1 Å². The molecule has 1 aromatic rings. The summed E-state index contributed by atoms with van der Waals surface area (Å²) >= 11 is 0. The quantitative estimate of drug-likeness (QED) is 0.637. The van der Waals surface area contributed by atoms with Crippen molar-refractivity contribution >= 4 is 14.3 Å². The predicted molar refractivity (Wildman–Crippen MR) is 37.7 cm³/mol. The molecule has 0 aromatic heterocycles. The van der Waals surface area contributed by atoms with Gasteiger partial charge in [-0.25, -0.2) is 4.57 Å². The van der Waals surface area contributed by atoms with E-state index in [1.54, 1.807) is 0 Å². The molecule has 3 heteroatoms. The summed E-state index contributed by atoms with van der Waals surface area (Å²) < 4.78 is 9.96. The van der Waals surface area contributed by atoms with Crippen molar-refractivity contribution < 1.29 is 4.57 Å². The average Bonchev–Trinajstić information content (AvgIpc) is 1.91. The fraction of sp³-hybridized carbons (Fsp3) is 0. The van der Waals surface area contributed by atoms with E-state index in [9.17, 15) is 4.57 Å². The normalized spacial score (nSPS) is 9.33. The second-order valence-electron chi connectivity index (χ2n) is 1.57. The van der Waals surface area contributed by atoms with Crippen LogP contribution in [0, 0.1) is 0 Å². The molecule has 46 valence electrons. The molecule has 0 bridgehead atoms. The average molecular weight is 139 g/mol. The van der Waals surface area contributed by atoms with Crippen LogP contribution in [0.3, 0.4) is 0 Å². The van der Waals surface area contributed by atoms with Crippen LogP contribution in [0.1, 0.15) is 0 Å². The van der Waals surface area contributed by atoms with Gasteiger partial charge in [0.25, 0.3) is 8.61 Å². The van der Waals surface area contributed by atoms with Crippen molar-refractivity contribution in [3.8, 4) is 0 Å². The van der Waals surface area contributed by atoms with E-state index in [1.807, 2.05) is 30.3 Å². The number of benzene rings is 1. The van der Waals surface area contributed by atoms with Crippen molar-refractivity contribution in [1.82, 2.24) is 0 Å². The first-order valence-corrected chi connectivity index (χ1v) is 3.38. The minimum atomic E-state index is -0.0550. The summed E-state index contributed by atoms with van der Waals surface area (Å²) in [5.74, 6) is 0. The van der Waals surface area contributed by atoms with Crippen molar-refractivity contribution in [3.63, 3.8) is 0 Å². The Morgan fingerprint density at radius 3 is 2.44 bits per heavy atom. The molecule has 0 fully saturated rings. The van der Waals surface area contributed by atoms with Gasteiger partial charge in [0.1, 0.15) is 0 Å². The molecule has 1 rings (SSSR count). The van der Waals surface area contributed by atoms with Gasteiger partial charge in [-0.2, -0.15) is 0 Å². The molecule has 2 nitrogen and oxygen atoms in total. The van der Waals surface area contributed by atoms with Gasteiger partial charge >= 0.3 is 0 Å². The van der Waals surface area contributed by atoms with E-state index >= 15 is 0 Å². The largest absolute Gasteiger partial charge is 0.305 e. The number of hydrogen-bond acceptors (Lipinski definition) is 1. The van der Waals surface area contributed by atoms with E-state index < -0.39 is 0 Å². The zero-order valence-electron chi connectivity index (χ0n) is 4.74. The molecule has 0 unspecified atom stereocenters. The smallest absolute Gasteiger partial charge is 0.279 e. The maximum absolute atomic E-state index is 9.96. The maximum Gasteiger partial charge on any atom is 0.279 e. The number of nitrogens with one attached hydrogen (secondary N) is 1. The van der Waals surface area contributed by atoms with E-state index in [2.05, 4.69) is 5.09 Å². The van der Waals surface area contributed by atoms with Gasteiger partial charge in [0.05, 0.1) is 0 Å². The fourth-order valence-electron chi connectivity index (χ4n) is 0.565. The first kappa shape index (κ1) is 6.24. The van der Waals surface area contributed by atoms with Crippen LogP contribution < -0.4 is 5.09 Å². The van der Waals surface area contributed by atoms with Gasteiger partial charge in [0.2, 0.25) is 0 Å². The molecule has 0 saturated carbocycles. The second-order valence-corrected chi connectivity index (χ2v) is 1.98. The van der Waals surface area contributed by atoms with Gasteiger partial charge in [0, 0.05) is 5.69 Å². The summed E-state index contributed by atoms with van der Waals surface area (Å²) in [5, 5.41) is 2.62. The molecule has 0 saturated heterocycles. The summed E-state index contributed by atoms with van der Waals surface area (Å²) in [4.78, 5) is 0. The van der Waals surface area contributed by atoms with E-state index in [0.717, 1.165) is 5.69 Å². The Bertz CT molecular complexity index is 188. The van der Waals surface area contributed by atoms with Crippen LogP contribution in [0.25, 0.3) is 0 Å². The van der Waals surface area contributed by atoms with E-state index in [1.165, 1.54) is 0 Å². The van der Waals surface area contributed by atoms with E-state index in [0.29, 0.717) is 0 Å². The van der Waals surface area contributed by atoms with Crippen molar-refractivity contribution in [1.29, 1.82) is 0 Å². The molecule has 0 aliphatic heterocycles. The van der Waals surface area contributed by atoms with Crippen LogP contribution in [0.5, 0.6) is 0 Å². The van der Waals surface area contributed by atoms with Gasteiger partial charge < -0.3 is 5.09 Å². The fourth-order valence-corrected chi connectivity index (χ4v) is 0.820. The molecule has 0 radical (unpaired) electrons. The number of rotatable bonds is 2. The second kappa shape index (κ2) is 3.21. The van der Waals surface area contributed by atoms with Crippen molar-refractivity contribution in [2.45, 2.75) is 0 Å². The third kappa shape index (κ3) is 1.82. The molecule has 1 N–H and O–H groups in total. The highest BCUT2D eigenvalue weighted by Gasteiger charge is 1.82. The molecule has 0 heterocycles. The Labute approximate surface area is 55.2 Å². The van der Waals surface area contributed by atoms with Crippen molar-refractivity contribution in [3.05, 3.63) is 30.3 Å². The molecular formula is C6H6NOP. The highest BCUT2D eigenvalue weighted by molar-refractivity contribution is 7.25. The molecule has 0 aliphatic rings. The highest BCUT2D eigenvalue weighted by Crippen LogP contribution is 2.08. The first-order chi connectivity index (χ1) is 4.43. The summed E-state index contributed by atoms with van der Waals surface area (Å²) in [7, 11) is -0.0550. The summed E-state index contributed by atoms with van der Waals surface area (Å²) in [6.07, 6.45) is 0. The lowest BCUT2D eigenvalue weighted by atomic mass is 10.3. The standard InChI is InChI=1S/C6H6NOP/c8-9-7-6-4-2-1-3-5-6/h1-5H,(H,7,8). The van der Waals surface area contributed by atoms with Crippen LogP contribution in [-0.2, 0) is 4.57 Å². The van der Waals surface area contributed by atoms with Gasteiger partial charge in [-0.3, -0.25) is 0 Å². The Hall–Kier alpha value is -0.880. The van der Waals surface area contributed by atoms with Crippen molar-refractivity contribution in [2.75, 3.05) is 5.09 Å². The molecule has 1 aromatic carbocycles. The predicted octanol–water partition coefficient (Wildman–Crippen LogP) is 2.31. The van der Waals surface area contributed by atoms with Gasteiger partial charge in [0.15, 0.2) is 0 Å². The molecular weight excluding hydrogens is 133 g/mol. The Kier molecular flexibility index (Phi) is 2.22. The van der Waals surface area contributed by atoms with Crippen LogP contribution in [0.15, 0.2) is 30.3 Å². The minimum Gasteiger partial charge on any atom is -0.305 e. The Morgan fingerprint density at radius 2 is 1.89 bits per heavy atom. The van der Waals surface area contributed by atoms with Crippen LogP contribution >= 0.6 is 8.61 Å². The summed E-state index contributed by atoms with van der Waals surface area (Å²) in [6, 6.07) is 9.38. The summed E-state index contributed by atoms with van der Waals surface area (Å²) in [5.41, 5.74) is 0.870. The zero-order chi connectivity index (χ0) is 6.53. The monoisotopic (exact) mass is 139 g/mol. The van der Waals surface area contributed by atoms with Crippen LogP contribution in [0.2, 0.25) is 0 Å². The zero-order valence-corrected chi connectivity index (χ0v) is 5.64. The van der Waals surface area contributed by atoms with E-state index in [-0.39, 0.29) is 8.61 Å². The third-order valence-corrected chi connectivity index (χ3v) is 1.30. The Balaban J connectivity index is 2.72. The molecule has 0 aliphatic carbocycles. The number of para-hydroxylation sites is 1. The van der Waals surface area contributed by atoms with Crippen molar-refractivity contribution in [2.24, 2.45) is 0 Å². The lowest BCUT2D eigenvalue weighted by molar-refractivity contribution is 0.601. The number of hydrogen-bond donors (Lipinski definition) is 1. The Morgan fingerprint density at radius 1 is 1.22 bits per heavy atom. The molecule has 0 spiro atoms. The van der Waals surface area contributed by atoms with Gasteiger partial charge in [-0.15, -0.1) is 0 Å². The third-order valence-electron chi connectivity index (χ3n) is 0.949. The minimum absolute atomic E-state index is 0.0550. The molecule has 0 atom stereocenters. The van der Waals surface area contributed by atoms with Crippen LogP contribution in [0.4, 0.5) is 5.69 Å². The lowest BCUT2D eigenvalue weighted by Gasteiger charge is -1.91. The van der Waals surface area contributed by atoms with E-state index in [4.69, 9.17) is 0 Å². The van der Waals surface area contributed by atoms with Gasteiger partial charge in [-0.05, 0) is 12.1 Å². The lowest BCUT2D eigenvalue weighted by Crippen LogP contribution is -1.76. The summed E-state index contributed by atoms with van der Waals surface area (Å²) in [6.45, 7) is 0. The highest BCUT2D eigenvalue weighted by atomic mass is 31.1.